The van der Waals surface area contributed by atoms with Crippen LogP contribution in [0.3, 0.4) is 0 Å². The van der Waals surface area contributed by atoms with Gasteiger partial charge in [-0.25, -0.2) is 9.59 Å². The Bertz CT molecular complexity index is 1140. The maximum Gasteiger partial charge on any atom is 0.408 e. The summed E-state index contributed by atoms with van der Waals surface area (Å²) in [4.78, 5) is 60.8. The topological polar surface area (TPSA) is 191 Å². The molecule has 38 heavy (non-hydrogen) atoms. The fourth-order valence-electron chi connectivity index (χ4n) is 4.04. The third-order valence-corrected chi connectivity index (χ3v) is 5.52. The quantitative estimate of drug-likeness (QED) is 0.285. The van der Waals surface area contributed by atoms with Crippen LogP contribution in [0, 0.1) is 20.2 Å². The lowest BCUT2D eigenvalue weighted by Gasteiger charge is -2.27. The number of esters is 1. The molecular weight excluding hydrogens is 504 g/mol. The molecule has 0 bridgehead atoms. The predicted molar refractivity (Wildman–Crippen MR) is 133 cm³/mol. The molecule has 1 aliphatic rings. The second kappa shape index (κ2) is 11.2. The van der Waals surface area contributed by atoms with Crippen LogP contribution in [0.1, 0.15) is 73.3 Å². The number of amides is 2. The van der Waals surface area contributed by atoms with E-state index in [1.807, 2.05) is 0 Å². The van der Waals surface area contributed by atoms with Crippen LogP contribution in [0.25, 0.3) is 0 Å². The van der Waals surface area contributed by atoms with Gasteiger partial charge in [0.15, 0.2) is 0 Å². The molecule has 1 unspecified atom stereocenters. The maximum atomic E-state index is 13.4. The van der Waals surface area contributed by atoms with Crippen molar-refractivity contribution >= 4 is 35.0 Å². The van der Waals surface area contributed by atoms with E-state index in [0.29, 0.717) is 12.5 Å². The van der Waals surface area contributed by atoms with Gasteiger partial charge in [-0.1, -0.05) is 6.92 Å². The highest BCUT2D eigenvalue weighted by Gasteiger charge is 2.44. The average molecular weight is 538 g/mol. The Hall–Kier alpha value is -3.97. The molecule has 0 saturated carbocycles. The average Bonchev–Trinajstić information content (AvgIpc) is 3.14. The Morgan fingerprint density at radius 3 is 2.08 bits per heavy atom. The molecule has 2 atom stereocenters. The molecule has 1 radical (unpaired) electrons. The minimum absolute atomic E-state index is 0.0927. The Balaban J connectivity index is 2.39. The zero-order chi connectivity index (χ0) is 29.2. The fourth-order valence-corrected chi connectivity index (χ4v) is 4.04. The molecule has 1 heterocycles. The van der Waals surface area contributed by atoms with Crippen LogP contribution in [-0.4, -0.2) is 51.1 Å². The molecule has 0 aliphatic carbocycles. The monoisotopic (exact) mass is 537 g/mol. The summed E-state index contributed by atoms with van der Waals surface area (Å²) in [5, 5.41) is 38.2. The van der Waals surface area contributed by atoms with Crippen LogP contribution < -0.4 is 10.2 Å². The van der Waals surface area contributed by atoms with Crippen molar-refractivity contribution in [2.45, 2.75) is 97.4 Å². The number of nitro groups is 2. The van der Waals surface area contributed by atoms with Gasteiger partial charge in [0.1, 0.15) is 29.0 Å². The van der Waals surface area contributed by atoms with E-state index in [4.69, 9.17) is 9.47 Å². The van der Waals surface area contributed by atoms with Gasteiger partial charge in [-0.3, -0.25) is 30.1 Å². The van der Waals surface area contributed by atoms with Crippen molar-refractivity contribution in [3.05, 3.63) is 31.9 Å². The standard InChI is InChI=1S/C24H33N4O10/c1-8-13-11-14-19(16(27(33)34)12-17(20(14)30)28(35)36)26(13)18(29)10-9-15(21(31)37-23(2,3)4)25-22(32)38-24(5,6)7/h12-13,15H,8-11H2,1-7H3,(H,25,32)/t13?,15-/m0/s1. The lowest BCUT2D eigenvalue weighted by Crippen LogP contribution is -2.47. The van der Waals surface area contributed by atoms with E-state index in [9.17, 15) is 39.7 Å². The van der Waals surface area contributed by atoms with E-state index in [1.165, 1.54) is 0 Å². The Morgan fingerprint density at radius 1 is 1.05 bits per heavy atom. The molecule has 2 amide bonds. The van der Waals surface area contributed by atoms with Gasteiger partial charge in [-0.2, -0.15) is 0 Å². The number of nitrogens with one attached hydrogen (secondary N) is 1. The van der Waals surface area contributed by atoms with Gasteiger partial charge < -0.3 is 19.7 Å². The predicted octanol–water partition coefficient (Wildman–Crippen LogP) is 4.33. The number of ether oxygens (including phenoxy) is 2. The molecule has 2 rings (SSSR count). The fraction of sp³-hybridized carbons (Fsp3) is 0.625. The van der Waals surface area contributed by atoms with Crippen molar-refractivity contribution in [1.29, 1.82) is 0 Å². The number of nitrogens with zero attached hydrogens (tertiary/aromatic N) is 3. The number of benzene rings is 1. The molecule has 14 heteroatoms. The molecule has 1 N–H and O–H groups in total. The van der Waals surface area contributed by atoms with E-state index in [2.05, 4.69) is 5.32 Å². The van der Waals surface area contributed by atoms with Gasteiger partial charge in [0.2, 0.25) is 5.91 Å². The number of hydrogen-bond donors (Lipinski definition) is 1. The number of alkyl carbamates (subject to hydrolysis) is 1. The molecular formula is C24H33N4O10. The zero-order valence-corrected chi connectivity index (χ0v) is 22.5. The first-order valence-electron chi connectivity index (χ1n) is 12.1. The highest BCUT2D eigenvalue weighted by molar-refractivity contribution is 6.00. The summed E-state index contributed by atoms with van der Waals surface area (Å²) < 4.78 is 10.6. The molecule has 209 valence electrons. The van der Waals surface area contributed by atoms with Crippen LogP contribution in [0.5, 0.6) is 5.75 Å². The summed E-state index contributed by atoms with van der Waals surface area (Å²) in [5.41, 5.74) is -3.88. The molecule has 0 aromatic heterocycles. The minimum atomic E-state index is -1.28. The first kappa shape index (κ1) is 30.3. The van der Waals surface area contributed by atoms with Gasteiger partial charge >= 0.3 is 17.7 Å². The maximum absolute atomic E-state index is 13.4. The Labute approximate surface area is 219 Å². The molecule has 1 aromatic carbocycles. The van der Waals surface area contributed by atoms with Crippen molar-refractivity contribution in [2.75, 3.05) is 4.90 Å². The second-order valence-corrected chi connectivity index (χ2v) is 10.9. The summed E-state index contributed by atoms with van der Waals surface area (Å²) in [5.74, 6) is -2.46. The first-order valence-corrected chi connectivity index (χ1v) is 12.1. The normalized spacial score (nSPS) is 15.9. The third-order valence-electron chi connectivity index (χ3n) is 5.52. The summed E-state index contributed by atoms with van der Waals surface area (Å²) in [6, 6.07) is -1.38. The van der Waals surface area contributed by atoms with Crippen LogP contribution in [0.15, 0.2) is 6.07 Å². The van der Waals surface area contributed by atoms with E-state index in [1.54, 1.807) is 48.5 Å². The van der Waals surface area contributed by atoms with Gasteiger partial charge in [0, 0.05) is 18.0 Å². The lowest BCUT2D eigenvalue weighted by atomic mass is 10.1. The number of hydrogen-bond acceptors (Lipinski definition) is 9. The molecule has 0 saturated heterocycles. The molecule has 0 spiro atoms. The molecule has 14 nitrogen and oxygen atoms in total. The smallest absolute Gasteiger partial charge is 0.408 e. The first-order chi connectivity index (χ1) is 17.4. The van der Waals surface area contributed by atoms with Crippen LogP contribution in [0.2, 0.25) is 0 Å². The number of fused-ring (bicyclic) bond motifs is 1. The van der Waals surface area contributed by atoms with Crippen LogP contribution in [0.4, 0.5) is 21.9 Å². The number of carbonyl (C=O) groups excluding carboxylic acids is 3. The number of rotatable bonds is 8. The van der Waals surface area contributed by atoms with Crippen molar-refractivity contribution in [1.82, 2.24) is 5.32 Å². The van der Waals surface area contributed by atoms with Gasteiger partial charge in [-0.05, 0) is 60.8 Å². The Kier molecular flexibility index (Phi) is 8.91. The third kappa shape index (κ3) is 7.29. The Morgan fingerprint density at radius 2 is 1.61 bits per heavy atom. The zero-order valence-electron chi connectivity index (χ0n) is 22.5. The van der Waals surface area contributed by atoms with Crippen molar-refractivity contribution in [2.24, 2.45) is 0 Å². The summed E-state index contributed by atoms with van der Waals surface area (Å²) >= 11 is 0. The summed E-state index contributed by atoms with van der Waals surface area (Å²) in [7, 11) is 0. The van der Waals surface area contributed by atoms with Crippen LogP contribution >= 0.6 is 0 Å². The van der Waals surface area contributed by atoms with E-state index in [0.717, 1.165) is 4.90 Å². The molecule has 0 fully saturated rings. The SMILES string of the molecule is CCC1Cc2c([O])c([N+](=O)[O-])cc([N+](=O)[O-])c2N1C(=O)CC[C@H](NC(=O)OC(C)(C)C)C(=O)OC(C)(C)C. The van der Waals surface area contributed by atoms with Gasteiger partial charge in [0.05, 0.1) is 9.85 Å². The molecule has 1 aromatic rings. The largest absolute Gasteiger partial charge is 0.458 e. The number of nitro benzene ring substituents is 2. The highest BCUT2D eigenvalue weighted by Crippen LogP contribution is 2.49. The van der Waals surface area contributed by atoms with Gasteiger partial charge in [0.25, 0.3) is 11.4 Å². The number of carbonyl (C=O) groups is 3. The highest BCUT2D eigenvalue weighted by atomic mass is 16.6. The molecule has 1 aliphatic heterocycles. The van der Waals surface area contributed by atoms with Gasteiger partial charge in [-0.15, -0.1) is 0 Å². The van der Waals surface area contributed by atoms with Crippen LogP contribution in [-0.2, 0) is 30.6 Å². The van der Waals surface area contributed by atoms with Crippen molar-refractivity contribution in [3.8, 4) is 5.75 Å². The van der Waals surface area contributed by atoms with Crippen molar-refractivity contribution in [3.63, 3.8) is 0 Å². The second-order valence-electron chi connectivity index (χ2n) is 10.9. The lowest BCUT2D eigenvalue weighted by molar-refractivity contribution is -0.394. The van der Waals surface area contributed by atoms with E-state index < -0.39 is 68.2 Å². The van der Waals surface area contributed by atoms with Crippen molar-refractivity contribution < 1.29 is 38.8 Å². The summed E-state index contributed by atoms with van der Waals surface area (Å²) in [6.45, 7) is 11.5. The number of anilines is 1. The van der Waals surface area contributed by atoms with E-state index >= 15 is 0 Å². The van der Waals surface area contributed by atoms with E-state index in [-0.39, 0.29) is 30.5 Å². The minimum Gasteiger partial charge on any atom is -0.458 e. The summed E-state index contributed by atoms with van der Waals surface area (Å²) in [6.07, 6.45) is -1.29.